The first-order valence-electron chi connectivity index (χ1n) is 6.65. The molecule has 22 heavy (non-hydrogen) atoms. The normalized spacial score (nSPS) is 14.2. The van der Waals surface area contributed by atoms with E-state index in [4.69, 9.17) is 11.6 Å². The fourth-order valence-corrected chi connectivity index (χ4v) is 2.61. The Labute approximate surface area is 132 Å². The first kappa shape index (κ1) is 14.5. The summed E-state index contributed by atoms with van der Waals surface area (Å²) in [4.78, 5) is 17.9. The van der Waals surface area contributed by atoms with Gasteiger partial charge in [-0.15, -0.1) is 0 Å². The van der Waals surface area contributed by atoms with Crippen molar-refractivity contribution in [2.45, 2.75) is 0 Å². The second kappa shape index (κ2) is 5.73. The number of benzodiazepines with no additional fused rings is 1. The lowest BCUT2D eigenvalue weighted by molar-refractivity contribution is -0.116. The summed E-state index contributed by atoms with van der Waals surface area (Å²) < 4.78 is 14.1. The van der Waals surface area contributed by atoms with Gasteiger partial charge in [-0.05, 0) is 30.3 Å². The molecule has 0 aromatic heterocycles. The van der Waals surface area contributed by atoms with Crippen LogP contribution in [0.5, 0.6) is 0 Å². The Morgan fingerprint density at radius 3 is 2.73 bits per heavy atom. The van der Waals surface area contributed by atoms with E-state index in [0.717, 1.165) is 0 Å². The van der Waals surface area contributed by atoms with Crippen molar-refractivity contribution in [3.8, 4) is 0 Å². The fourth-order valence-electron chi connectivity index (χ4n) is 2.43. The highest BCUT2D eigenvalue weighted by atomic mass is 35.5. The maximum Gasteiger partial charge on any atom is 0.252 e. The lowest BCUT2D eigenvalue weighted by Crippen LogP contribution is -2.26. The van der Waals surface area contributed by atoms with Crippen LogP contribution in [0.4, 0.5) is 10.1 Å². The lowest BCUT2D eigenvalue weighted by Gasteiger charge is -2.18. The van der Waals surface area contributed by atoms with Gasteiger partial charge < -0.3 is 0 Å². The van der Waals surface area contributed by atoms with Crippen molar-refractivity contribution in [1.82, 2.24) is 0 Å². The van der Waals surface area contributed by atoms with E-state index in [1.54, 1.807) is 36.4 Å². The number of benzene rings is 2. The van der Waals surface area contributed by atoms with Crippen LogP contribution in [0.2, 0.25) is 5.02 Å². The average molecular weight is 315 g/mol. The number of hydrogen-bond acceptors (Lipinski definition) is 2. The molecule has 0 radical (unpaired) electrons. The van der Waals surface area contributed by atoms with Crippen LogP contribution in [0.3, 0.4) is 0 Å². The zero-order valence-electron chi connectivity index (χ0n) is 11.6. The molecule has 0 fully saturated rings. The first-order valence-corrected chi connectivity index (χ1v) is 7.03. The molecule has 5 heteroatoms. The Kier molecular flexibility index (Phi) is 3.77. The van der Waals surface area contributed by atoms with Crippen LogP contribution in [-0.2, 0) is 4.79 Å². The zero-order chi connectivity index (χ0) is 15.7. The minimum absolute atomic E-state index is 0.0814. The third-order valence-corrected chi connectivity index (χ3v) is 3.66. The summed E-state index contributed by atoms with van der Waals surface area (Å²) in [6, 6.07) is 11.4. The third-order valence-electron chi connectivity index (χ3n) is 3.43. The Bertz CT molecular complexity index is 801. The molecule has 0 spiro atoms. The van der Waals surface area contributed by atoms with Gasteiger partial charge in [0.2, 0.25) is 0 Å². The number of carbonyl (C=O) groups is 1. The van der Waals surface area contributed by atoms with Crippen LogP contribution in [-0.4, -0.2) is 18.2 Å². The molecule has 1 aliphatic heterocycles. The van der Waals surface area contributed by atoms with Crippen LogP contribution in [0.15, 0.2) is 60.2 Å². The zero-order valence-corrected chi connectivity index (χ0v) is 12.3. The fraction of sp³-hybridized carbons (Fsp3) is 0.0588. The molecule has 1 aliphatic rings. The predicted molar refractivity (Wildman–Crippen MR) is 86.0 cm³/mol. The molecule has 2 aromatic rings. The van der Waals surface area contributed by atoms with Crippen LogP contribution in [0, 0.1) is 5.82 Å². The van der Waals surface area contributed by atoms with E-state index >= 15 is 0 Å². The van der Waals surface area contributed by atoms with Crippen LogP contribution in [0.25, 0.3) is 0 Å². The highest BCUT2D eigenvalue weighted by molar-refractivity contribution is 6.32. The van der Waals surface area contributed by atoms with E-state index in [1.165, 1.54) is 17.2 Å². The average Bonchev–Trinajstić information content (AvgIpc) is 2.64. The number of rotatable bonds is 2. The quantitative estimate of drug-likeness (QED) is 0.829. The summed E-state index contributed by atoms with van der Waals surface area (Å²) in [5, 5.41) is 0.487. The molecule has 0 bridgehead atoms. The molecule has 1 heterocycles. The summed E-state index contributed by atoms with van der Waals surface area (Å²) in [5.41, 5.74) is 1.94. The number of amides is 1. The molecule has 2 aromatic carbocycles. The molecule has 0 saturated carbocycles. The minimum atomic E-state index is -0.397. The molecular weight excluding hydrogens is 303 g/mol. The second-order valence-corrected chi connectivity index (χ2v) is 5.19. The number of carbonyl (C=O) groups excluding carboxylic acids is 1. The van der Waals surface area contributed by atoms with Gasteiger partial charge >= 0.3 is 0 Å². The number of aliphatic imine (C=N–C) groups is 1. The first-order chi connectivity index (χ1) is 10.6. The summed E-state index contributed by atoms with van der Waals surface area (Å²) in [6.07, 6.45) is 1.43. The molecule has 3 rings (SSSR count). The Hall–Kier alpha value is -2.46. The Morgan fingerprint density at radius 2 is 2.00 bits per heavy atom. The second-order valence-electron chi connectivity index (χ2n) is 4.75. The van der Waals surface area contributed by atoms with Crippen molar-refractivity contribution in [3.05, 3.63) is 77.2 Å². The van der Waals surface area contributed by atoms with Crippen LogP contribution >= 0.6 is 11.6 Å². The molecule has 0 atom stereocenters. The van der Waals surface area contributed by atoms with Gasteiger partial charge in [0.05, 0.1) is 11.4 Å². The summed E-state index contributed by atoms with van der Waals surface area (Å²) in [6.45, 7) is 3.58. The standard InChI is InChI=1S/C17H12ClFN2O/c1-2-21-15-8-7-11(18)9-13(15)17(20-10-16(21)22)12-5-3-4-6-14(12)19/h2-9H,1,10H2. The number of anilines is 1. The van der Waals surface area contributed by atoms with Crippen LogP contribution in [0.1, 0.15) is 11.1 Å². The lowest BCUT2D eigenvalue weighted by atomic mass is 10.00. The van der Waals surface area contributed by atoms with E-state index in [1.807, 2.05) is 0 Å². The van der Waals surface area contributed by atoms with Gasteiger partial charge in [-0.1, -0.05) is 30.3 Å². The van der Waals surface area contributed by atoms with Gasteiger partial charge in [0.15, 0.2) is 0 Å². The van der Waals surface area contributed by atoms with E-state index in [9.17, 15) is 9.18 Å². The minimum Gasteiger partial charge on any atom is -0.286 e. The third kappa shape index (κ3) is 2.42. The van der Waals surface area contributed by atoms with E-state index < -0.39 is 5.82 Å². The van der Waals surface area contributed by atoms with E-state index in [2.05, 4.69) is 11.6 Å². The molecule has 0 unspecified atom stereocenters. The van der Waals surface area contributed by atoms with Crippen molar-refractivity contribution >= 4 is 28.9 Å². The van der Waals surface area contributed by atoms with Crippen LogP contribution < -0.4 is 4.90 Å². The number of hydrogen-bond donors (Lipinski definition) is 0. The monoisotopic (exact) mass is 314 g/mol. The number of halogens is 2. The Morgan fingerprint density at radius 1 is 1.23 bits per heavy atom. The van der Waals surface area contributed by atoms with Crippen molar-refractivity contribution in [3.63, 3.8) is 0 Å². The van der Waals surface area contributed by atoms with Gasteiger partial charge in [-0.3, -0.25) is 14.7 Å². The van der Waals surface area contributed by atoms with E-state index in [0.29, 0.717) is 27.5 Å². The smallest absolute Gasteiger partial charge is 0.252 e. The highest BCUT2D eigenvalue weighted by Gasteiger charge is 2.24. The Balaban J connectivity index is 2.28. The summed E-state index contributed by atoms with van der Waals surface area (Å²) >= 11 is 6.07. The number of nitrogens with zero attached hydrogens (tertiary/aromatic N) is 2. The largest absolute Gasteiger partial charge is 0.286 e. The SMILES string of the molecule is C=CN1C(=O)CN=C(c2ccccc2F)c2cc(Cl)ccc21. The molecule has 3 nitrogen and oxygen atoms in total. The predicted octanol–water partition coefficient (Wildman–Crippen LogP) is 3.81. The van der Waals surface area contributed by atoms with E-state index in [-0.39, 0.29) is 12.5 Å². The molecule has 110 valence electrons. The van der Waals surface area contributed by atoms with Gasteiger partial charge in [0, 0.05) is 22.3 Å². The summed E-state index contributed by atoms with van der Waals surface area (Å²) in [7, 11) is 0. The summed E-state index contributed by atoms with van der Waals surface area (Å²) in [5.74, 6) is -0.628. The van der Waals surface area contributed by atoms with Crippen molar-refractivity contribution in [2.24, 2.45) is 4.99 Å². The molecule has 0 N–H and O–H groups in total. The van der Waals surface area contributed by atoms with Gasteiger partial charge in [0.1, 0.15) is 12.4 Å². The van der Waals surface area contributed by atoms with Crippen molar-refractivity contribution in [1.29, 1.82) is 0 Å². The van der Waals surface area contributed by atoms with Crippen molar-refractivity contribution < 1.29 is 9.18 Å². The molecule has 1 amide bonds. The van der Waals surface area contributed by atoms with Gasteiger partial charge in [0.25, 0.3) is 5.91 Å². The van der Waals surface area contributed by atoms with Gasteiger partial charge in [-0.2, -0.15) is 0 Å². The number of fused-ring (bicyclic) bond motifs is 1. The molecular formula is C17H12ClFN2O. The van der Waals surface area contributed by atoms with Crippen molar-refractivity contribution in [2.75, 3.05) is 11.4 Å². The highest BCUT2D eigenvalue weighted by Crippen LogP contribution is 2.30. The maximum atomic E-state index is 14.1. The van der Waals surface area contributed by atoms with Gasteiger partial charge in [-0.25, -0.2) is 4.39 Å². The topological polar surface area (TPSA) is 32.7 Å². The maximum absolute atomic E-state index is 14.1. The molecule has 0 saturated heterocycles. The molecule has 0 aliphatic carbocycles.